The topological polar surface area (TPSA) is 80.3 Å². The monoisotopic (exact) mass is 381 g/mol. The molecule has 1 aromatic heterocycles. The summed E-state index contributed by atoms with van der Waals surface area (Å²) in [6.07, 6.45) is 3.04. The van der Waals surface area contributed by atoms with Crippen LogP contribution in [-0.4, -0.2) is 24.0 Å². The van der Waals surface area contributed by atoms with Gasteiger partial charge < -0.3 is 15.4 Å². The van der Waals surface area contributed by atoms with Crippen LogP contribution in [0.3, 0.4) is 0 Å². The average Bonchev–Trinajstić information content (AvgIpc) is 2.69. The molecule has 0 radical (unpaired) electrons. The Kier molecular flexibility index (Phi) is 5.68. The number of pyridine rings is 1. The molecule has 0 spiro atoms. The fourth-order valence-electron chi connectivity index (χ4n) is 2.40. The Morgan fingerprint density at radius 2 is 1.74 bits per heavy atom. The third kappa shape index (κ3) is 4.62. The number of nitrogens with zero attached hydrogens (tertiary/aromatic N) is 1. The summed E-state index contributed by atoms with van der Waals surface area (Å²) in [5.41, 5.74) is 2.58. The van der Waals surface area contributed by atoms with E-state index in [1.165, 1.54) is 13.3 Å². The number of benzene rings is 2. The van der Waals surface area contributed by atoms with Crippen molar-refractivity contribution in [2.45, 2.75) is 0 Å². The van der Waals surface area contributed by atoms with Crippen LogP contribution in [0.2, 0.25) is 5.02 Å². The molecule has 0 aliphatic carbocycles. The van der Waals surface area contributed by atoms with Gasteiger partial charge in [0.25, 0.3) is 5.91 Å². The van der Waals surface area contributed by atoms with Gasteiger partial charge in [0.15, 0.2) is 0 Å². The zero-order valence-corrected chi connectivity index (χ0v) is 15.2. The van der Waals surface area contributed by atoms with Crippen LogP contribution in [0.5, 0.6) is 0 Å². The zero-order valence-electron chi connectivity index (χ0n) is 14.4. The van der Waals surface area contributed by atoms with Crippen LogP contribution in [-0.2, 0) is 4.74 Å². The predicted molar refractivity (Wildman–Crippen MR) is 105 cm³/mol. The summed E-state index contributed by atoms with van der Waals surface area (Å²) in [5.74, 6) is -0.757. The molecule has 1 amide bonds. The van der Waals surface area contributed by atoms with Gasteiger partial charge in [-0.05, 0) is 36.4 Å². The molecule has 3 aromatic rings. The van der Waals surface area contributed by atoms with Gasteiger partial charge in [-0.2, -0.15) is 0 Å². The van der Waals surface area contributed by atoms with Gasteiger partial charge in [0.1, 0.15) is 0 Å². The molecule has 0 aliphatic rings. The number of nitrogens with one attached hydrogen (secondary N) is 2. The standard InChI is InChI=1S/C20H16ClN3O3/c1-27-20(26)13-5-4-6-15(9-13)23-16-10-14(11-22-12-16)19(25)24-18-8-3-2-7-17(18)21/h2-12,23H,1H3,(H,24,25). The number of aromatic nitrogens is 1. The molecule has 2 aromatic carbocycles. The number of hydrogen-bond donors (Lipinski definition) is 2. The Balaban J connectivity index is 1.77. The number of ether oxygens (including phenoxy) is 1. The molecule has 0 atom stereocenters. The Morgan fingerprint density at radius 1 is 0.963 bits per heavy atom. The summed E-state index contributed by atoms with van der Waals surface area (Å²) >= 11 is 6.07. The van der Waals surface area contributed by atoms with Crippen molar-refractivity contribution in [1.82, 2.24) is 4.98 Å². The fraction of sp³-hybridized carbons (Fsp3) is 0.0500. The molecule has 6 nitrogen and oxygen atoms in total. The van der Waals surface area contributed by atoms with Gasteiger partial charge in [-0.3, -0.25) is 9.78 Å². The smallest absolute Gasteiger partial charge is 0.337 e. The van der Waals surface area contributed by atoms with Gasteiger partial charge in [0, 0.05) is 11.9 Å². The van der Waals surface area contributed by atoms with Gasteiger partial charge in [-0.1, -0.05) is 29.8 Å². The van der Waals surface area contributed by atoms with Gasteiger partial charge >= 0.3 is 5.97 Å². The summed E-state index contributed by atoms with van der Waals surface area (Å²) < 4.78 is 4.72. The van der Waals surface area contributed by atoms with E-state index in [2.05, 4.69) is 15.6 Å². The highest BCUT2D eigenvalue weighted by molar-refractivity contribution is 6.33. The summed E-state index contributed by atoms with van der Waals surface area (Å²) in [5, 5.41) is 6.32. The molecule has 0 saturated carbocycles. The predicted octanol–water partition coefficient (Wildman–Crippen LogP) is 4.52. The van der Waals surface area contributed by atoms with Gasteiger partial charge in [-0.25, -0.2) is 4.79 Å². The fourth-order valence-corrected chi connectivity index (χ4v) is 2.58. The van der Waals surface area contributed by atoms with Crippen LogP contribution in [0.15, 0.2) is 67.0 Å². The quantitative estimate of drug-likeness (QED) is 0.635. The second kappa shape index (κ2) is 8.33. The average molecular weight is 382 g/mol. The third-order valence-electron chi connectivity index (χ3n) is 3.69. The van der Waals surface area contributed by atoms with Crippen LogP contribution in [0.4, 0.5) is 17.1 Å². The van der Waals surface area contributed by atoms with Crippen LogP contribution in [0, 0.1) is 0 Å². The second-order valence-corrected chi connectivity index (χ2v) is 6.00. The number of hydrogen-bond acceptors (Lipinski definition) is 5. The van der Waals surface area contributed by atoms with Crippen LogP contribution in [0.25, 0.3) is 0 Å². The summed E-state index contributed by atoms with van der Waals surface area (Å²) in [6.45, 7) is 0. The first kappa shape index (κ1) is 18.4. The van der Waals surface area contributed by atoms with Crippen molar-refractivity contribution < 1.29 is 14.3 Å². The molecular formula is C20H16ClN3O3. The lowest BCUT2D eigenvalue weighted by Gasteiger charge is -2.10. The Morgan fingerprint density at radius 3 is 2.52 bits per heavy atom. The molecule has 27 heavy (non-hydrogen) atoms. The molecule has 136 valence electrons. The van der Waals surface area contributed by atoms with E-state index in [0.29, 0.717) is 33.2 Å². The Bertz CT molecular complexity index is 991. The van der Waals surface area contributed by atoms with Gasteiger partial charge in [-0.15, -0.1) is 0 Å². The lowest BCUT2D eigenvalue weighted by atomic mass is 10.2. The van der Waals surface area contributed by atoms with E-state index >= 15 is 0 Å². The van der Waals surface area contributed by atoms with E-state index in [1.54, 1.807) is 60.8 Å². The van der Waals surface area contributed by atoms with Crippen molar-refractivity contribution in [3.8, 4) is 0 Å². The number of rotatable bonds is 5. The molecule has 3 rings (SSSR count). The molecule has 1 heterocycles. The van der Waals surface area contributed by atoms with E-state index in [0.717, 1.165) is 0 Å². The number of anilines is 3. The van der Waals surface area contributed by atoms with E-state index < -0.39 is 5.97 Å². The summed E-state index contributed by atoms with van der Waals surface area (Å²) in [4.78, 5) is 28.2. The van der Waals surface area contributed by atoms with Crippen LogP contribution < -0.4 is 10.6 Å². The first-order valence-corrected chi connectivity index (χ1v) is 8.41. The van der Waals surface area contributed by atoms with Crippen molar-refractivity contribution in [3.05, 3.63) is 83.1 Å². The van der Waals surface area contributed by atoms with Crippen LogP contribution >= 0.6 is 11.6 Å². The number of esters is 1. The highest BCUT2D eigenvalue weighted by atomic mass is 35.5. The minimum Gasteiger partial charge on any atom is -0.465 e. The molecule has 7 heteroatoms. The number of carbonyl (C=O) groups is 2. The molecule has 0 aliphatic heterocycles. The SMILES string of the molecule is COC(=O)c1cccc(Nc2cncc(C(=O)Nc3ccccc3Cl)c2)c1. The molecular weight excluding hydrogens is 366 g/mol. The van der Waals surface area contributed by atoms with E-state index in [1.807, 2.05) is 0 Å². The summed E-state index contributed by atoms with van der Waals surface area (Å²) in [6, 6.07) is 15.5. The van der Waals surface area contributed by atoms with Crippen molar-refractivity contribution >= 4 is 40.5 Å². The Labute approximate surface area is 161 Å². The van der Waals surface area contributed by atoms with E-state index in [4.69, 9.17) is 16.3 Å². The number of para-hydroxylation sites is 1. The molecule has 0 fully saturated rings. The van der Waals surface area contributed by atoms with E-state index in [9.17, 15) is 9.59 Å². The maximum absolute atomic E-state index is 12.5. The van der Waals surface area contributed by atoms with Crippen molar-refractivity contribution in [2.75, 3.05) is 17.7 Å². The van der Waals surface area contributed by atoms with Crippen molar-refractivity contribution in [2.24, 2.45) is 0 Å². The lowest BCUT2D eigenvalue weighted by molar-refractivity contribution is 0.0600. The number of carbonyl (C=O) groups excluding carboxylic acids is 2. The zero-order chi connectivity index (χ0) is 19.2. The maximum atomic E-state index is 12.5. The largest absolute Gasteiger partial charge is 0.465 e. The molecule has 0 bridgehead atoms. The molecule has 2 N–H and O–H groups in total. The highest BCUT2D eigenvalue weighted by Crippen LogP contribution is 2.22. The normalized spacial score (nSPS) is 10.1. The first-order chi connectivity index (χ1) is 13.1. The number of methoxy groups -OCH3 is 1. The van der Waals surface area contributed by atoms with Crippen molar-refractivity contribution in [1.29, 1.82) is 0 Å². The minimum atomic E-state index is -0.426. The minimum absolute atomic E-state index is 0.331. The highest BCUT2D eigenvalue weighted by Gasteiger charge is 2.10. The second-order valence-electron chi connectivity index (χ2n) is 5.59. The number of halogens is 1. The van der Waals surface area contributed by atoms with Crippen molar-refractivity contribution in [3.63, 3.8) is 0 Å². The van der Waals surface area contributed by atoms with Gasteiger partial charge in [0.2, 0.25) is 0 Å². The van der Waals surface area contributed by atoms with Gasteiger partial charge in [0.05, 0.1) is 40.8 Å². The summed E-state index contributed by atoms with van der Waals surface area (Å²) in [7, 11) is 1.33. The first-order valence-electron chi connectivity index (χ1n) is 8.03. The molecule has 0 unspecified atom stereocenters. The third-order valence-corrected chi connectivity index (χ3v) is 4.02. The van der Waals surface area contributed by atoms with E-state index in [-0.39, 0.29) is 5.91 Å². The molecule has 0 saturated heterocycles. The number of amides is 1. The Hall–Kier alpha value is -3.38. The van der Waals surface area contributed by atoms with Crippen LogP contribution in [0.1, 0.15) is 20.7 Å². The lowest BCUT2D eigenvalue weighted by Crippen LogP contribution is -2.12. The maximum Gasteiger partial charge on any atom is 0.337 e.